The van der Waals surface area contributed by atoms with Crippen molar-refractivity contribution < 1.29 is 75.8 Å². The van der Waals surface area contributed by atoms with E-state index in [0.717, 1.165) is 116 Å². The molecular weight excluding hydrogens is 1170 g/mol. The van der Waals surface area contributed by atoms with Gasteiger partial charge in [-0.3, -0.25) is 32.5 Å². The fraction of sp³-hybridized carbons (Fsp3) is 0.535. The molecule has 0 aromatic rings. The van der Waals surface area contributed by atoms with Crippen LogP contribution in [0.3, 0.4) is 0 Å². The Bertz CT molecular complexity index is 2350. The lowest BCUT2D eigenvalue weighted by Crippen LogP contribution is -2.30. The summed E-state index contributed by atoms with van der Waals surface area (Å²) in [5.41, 5.74) is 0. The summed E-state index contributed by atoms with van der Waals surface area (Å²) in [5.74, 6) is -1.77. The molecule has 0 saturated carbocycles. The Balaban J connectivity index is 4.87. The summed E-state index contributed by atoms with van der Waals surface area (Å²) in [6.45, 7) is 2.08. The Labute approximate surface area is 534 Å². The van der Waals surface area contributed by atoms with Crippen molar-refractivity contribution in [2.75, 3.05) is 39.6 Å². The van der Waals surface area contributed by atoms with E-state index >= 15 is 0 Å². The van der Waals surface area contributed by atoms with Gasteiger partial charge in [0.05, 0.1) is 26.4 Å². The van der Waals surface area contributed by atoms with Crippen molar-refractivity contribution >= 4 is 33.6 Å². The minimum atomic E-state index is -4.96. The number of carbonyl (C=O) groups is 3. The molecular formula is C71H110O16P2. The van der Waals surface area contributed by atoms with Crippen molar-refractivity contribution in [1.29, 1.82) is 0 Å². The van der Waals surface area contributed by atoms with Crippen LogP contribution in [0.5, 0.6) is 0 Å². The number of esters is 3. The van der Waals surface area contributed by atoms with Crippen molar-refractivity contribution in [3.05, 3.63) is 182 Å². The molecule has 0 amide bonds. The average molecular weight is 1280 g/mol. The minimum Gasteiger partial charge on any atom is -0.463 e. The second kappa shape index (κ2) is 62.8. The molecule has 500 valence electrons. The molecule has 0 spiro atoms. The third-order valence-corrected chi connectivity index (χ3v) is 14.0. The molecule has 89 heavy (non-hydrogen) atoms. The highest BCUT2D eigenvalue weighted by Gasteiger charge is 2.29. The molecule has 0 bridgehead atoms. The second-order valence-electron chi connectivity index (χ2n) is 20.4. The van der Waals surface area contributed by atoms with Crippen LogP contribution >= 0.6 is 15.6 Å². The number of hydrogen-bond acceptors (Lipinski definition) is 14. The third kappa shape index (κ3) is 64.0. The summed E-state index contributed by atoms with van der Waals surface area (Å²) >= 11 is 0. The zero-order valence-electron chi connectivity index (χ0n) is 53.8. The first-order chi connectivity index (χ1) is 43.2. The smallest absolute Gasteiger partial charge is 0.463 e. The third-order valence-electron chi connectivity index (χ3n) is 12.1. The number of unbranched alkanes of at least 4 members (excludes halogenated alkanes) is 5. The highest BCUT2D eigenvalue weighted by molar-refractivity contribution is 7.47. The van der Waals surface area contributed by atoms with Crippen LogP contribution in [0.15, 0.2) is 182 Å². The van der Waals surface area contributed by atoms with Gasteiger partial charge in [-0.25, -0.2) is 9.13 Å². The number of carbonyl (C=O) groups excluding carboxylic acids is 3. The number of allylic oxidation sites excluding steroid dienone is 30. The standard InChI is InChI=1S/C71H110O16P2/c1-4-7-10-13-16-19-22-25-28-31-32-35-37-39-42-45-48-51-54-57-69(74)81-60-66(72)61-83-88(77,78)84-62-67(73)63-85-89(79,80)86-65-68(87-71(76)59-56-53-50-47-44-41-38-34-30-27-24-21-18-15-12-9-6-3)64-82-70(75)58-55-52-49-46-43-40-36-33-29-26-23-20-17-14-11-8-5-2/h7-12,16-21,25-30,32,35-36,38-42,46-47,49-50,66-68,72-73H,4-6,13-15,22-24,31,33-34,37,43-45,48,51-65H2,1-3H3,(H,77,78)(H,79,80)/b10-7-,11-8-,12-9-,19-16-,20-17-,21-18-,28-25-,29-26-,30-27-,35-32-,40-36-,41-38-,42-39-,49-46-,50-47-. The summed E-state index contributed by atoms with van der Waals surface area (Å²) in [4.78, 5) is 58.2. The molecule has 16 nitrogen and oxygen atoms in total. The van der Waals surface area contributed by atoms with Gasteiger partial charge in [-0.2, -0.15) is 0 Å². The molecule has 0 radical (unpaired) electrons. The van der Waals surface area contributed by atoms with Gasteiger partial charge in [-0.1, -0.05) is 209 Å². The summed E-state index contributed by atoms with van der Waals surface area (Å²) < 4.78 is 60.6. The Kier molecular flexibility index (Phi) is 59.0. The van der Waals surface area contributed by atoms with E-state index in [9.17, 15) is 43.5 Å². The van der Waals surface area contributed by atoms with Gasteiger partial charge in [0.15, 0.2) is 6.10 Å². The van der Waals surface area contributed by atoms with Gasteiger partial charge in [0, 0.05) is 19.3 Å². The van der Waals surface area contributed by atoms with E-state index in [-0.39, 0.29) is 19.3 Å². The van der Waals surface area contributed by atoms with E-state index in [1.54, 1.807) is 0 Å². The van der Waals surface area contributed by atoms with Gasteiger partial charge >= 0.3 is 33.6 Å². The largest absolute Gasteiger partial charge is 0.472 e. The fourth-order valence-corrected chi connectivity index (χ4v) is 8.90. The SMILES string of the molecule is CC/C=C\C/C=C\C/C=C\C/C=C\C/C=C\CCCCCC(=O)OCC(O)COP(=O)(O)OCC(O)COP(=O)(O)OCC(COC(=O)CCC/C=C\C/C=C\C/C=C\C/C=C\C/C=C\CC)OC(=O)CCC/C=C\C/C=C\C/C=C\C/C=C\C/C=C\CC. The Morgan fingerprint density at radius 3 is 0.910 bits per heavy atom. The molecule has 0 aromatic heterocycles. The molecule has 18 heteroatoms. The predicted octanol–water partition coefficient (Wildman–Crippen LogP) is 17.5. The number of aliphatic hydroxyl groups is 2. The van der Waals surface area contributed by atoms with Crippen LogP contribution in [0.4, 0.5) is 0 Å². The maximum absolute atomic E-state index is 12.9. The number of hydrogen-bond donors (Lipinski definition) is 4. The molecule has 0 aliphatic heterocycles. The molecule has 0 fully saturated rings. The van der Waals surface area contributed by atoms with E-state index < -0.39 is 91.5 Å². The van der Waals surface area contributed by atoms with Crippen molar-refractivity contribution in [1.82, 2.24) is 0 Å². The lowest BCUT2D eigenvalue weighted by Gasteiger charge is -2.21. The average Bonchev–Trinajstić information content (AvgIpc) is 3.54. The lowest BCUT2D eigenvalue weighted by atomic mass is 10.1. The van der Waals surface area contributed by atoms with Crippen LogP contribution in [0, 0.1) is 0 Å². The molecule has 5 unspecified atom stereocenters. The Morgan fingerprint density at radius 1 is 0.315 bits per heavy atom. The summed E-state index contributed by atoms with van der Waals surface area (Å²) in [5, 5.41) is 20.5. The number of ether oxygens (including phenoxy) is 3. The molecule has 4 N–H and O–H groups in total. The zero-order valence-corrected chi connectivity index (χ0v) is 55.6. The summed E-state index contributed by atoms with van der Waals surface area (Å²) in [6, 6.07) is 0. The fourth-order valence-electron chi connectivity index (χ4n) is 7.31. The molecule has 0 rings (SSSR count). The highest BCUT2D eigenvalue weighted by atomic mass is 31.2. The summed E-state index contributed by atoms with van der Waals surface area (Å²) in [7, 11) is -9.84. The number of phosphoric ester groups is 2. The molecule has 5 atom stereocenters. The number of aliphatic hydroxyl groups excluding tert-OH is 2. The molecule has 0 saturated heterocycles. The molecule has 0 aliphatic rings. The van der Waals surface area contributed by atoms with Crippen LogP contribution in [0.25, 0.3) is 0 Å². The van der Waals surface area contributed by atoms with Crippen molar-refractivity contribution in [2.24, 2.45) is 0 Å². The molecule has 0 heterocycles. The van der Waals surface area contributed by atoms with Crippen LogP contribution < -0.4 is 0 Å². The maximum atomic E-state index is 12.9. The van der Waals surface area contributed by atoms with Gasteiger partial charge in [0.25, 0.3) is 0 Å². The van der Waals surface area contributed by atoms with E-state index in [1.165, 1.54) is 0 Å². The van der Waals surface area contributed by atoms with Crippen molar-refractivity contribution in [3.8, 4) is 0 Å². The van der Waals surface area contributed by atoms with Gasteiger partial charge in [-0.15, -0.1) is 0 Å². The highest BCUT2D eigenvalue weighted by Crippen LogP contribution is 2.45. The maximum Gasteiger partial charge on any atom is 0.472 e. The topological polar surface area (TPSA) is 231 Å². The van der Waals surface area contributed by atoms with Crippen LogP contribution in [-0.4, -0.2) is 95.9 Å². The van der Waals surface area contributed by atoms with Gasteiger partial charge in [0.2, 0.25) is 0 Å². The van der Waals surface area contributed by atoms with Gasteiger partial charge in [0.1, 0.15) is 25.4 Å². The minimum absolute atomic E-state index is 0.00460. The Hall–Kier alpha value is -5.35. The van der Waals surface area contributed by atoms with Crippen molar-refractivity contribution in [3.63, 3.8) is 0 Å². The van der Waals surface area contributed by atoms with E-state index in [4.69, 9.17) is 32.3 Å². The summed E-state index contributed by atoms with van der Waals surface area (Å²) in [6.07, 6.45) is 78.3. The van der Waals surface area contributed by atoms with E-state index in [2.05, 4.69) is 179 Å². The zero-order chi connectivity index (χ0) is 65.3. The quantitative estimate of drug-likeness (QED) is 0.0146. The monoisotopic (exact) mass is 1280 g/mol. The van der Waals surface area contributed by atoms with Crippen LogP contribution in [0.2, 0.25) is 0 Å². The van der Waals surface area contributed by atoms with E-state index in [0.29, 0.717) is 32.1 Å². The lowest BCUT2D eigenvalue weighted by molar-refractivity contribution is -0.161. The first kappa shape index (κ1) is 83.7. The predicted molar refractivity (Wildman–Crippen MR) is 361 cm³/mol. The van der Waals surface area contributed by atoms with Crippen LogP contribution in [0.1, 0.15) is 188 Å². The van der Waals surface area contributed by atoms with Crippen molar-refractivity contribution in [2.45, 2.75) is 206 Å². The Morgan fingerprint density at radius 2 is 0.573 bits per heavy atom. The van der Waals surface area contributed by atoms with Crippen LogP contribution in [-0.2, 0) is 55.8 Å². The van der Waals surface area contributed by atoms with E-state index in [1.807, 2.05) is 24.3 Å². The normalized spacial score (nSPS) is 15.4. The van der Waals surface area contributed by atoms with Gasteiger partial charge in [-0.05, 0) is 141 Å². The first-order valence-corrected chi connectivity index (χ1v) is 35.1. The van der Waals surface area contributed by atoms with Gasteiger partial charge < -0.3 is 34.2 Å². The number of phosphoric acid groups is 2. The molecule has 0 aliphatic carbocycles. The second-order valence-corrected chi connectivity index (χ2v) is 23.3. The number of rotatable bonds is 58. The molecule has 0 aromatic carbocycles. The first-order valence-electron chi connectivity index (χ1n) is 32.1.